The second kappa shape index (κ2) is 46.5. The Balaban J connectivity index is 0.000000172. The molecule has 6 N–H and O–H groups in total. The van der Waals surface area contributed by atoms with Crippen molar-refractivity contribution in [1.29, 1.82) is 0 Å². The van der Waals surface area contributed by atoms with Crippen LogP contribution < -0.4 is 41.0 Å². The number of piperidine rings is 1. The summed E-state index contributed by atoms with van der Waals surface area (Å²) in [4.78, 5) is 138. The molecule has 7 aliphatic rings. The molecule has 0 aliphatic carbocycles. The van der Waals surface area contributed by atoms with Crippen molar-refractivity contribution >= 4 is 99.0 Å². The lowest BCUT2D eigenvalue weighted by Crippen LogP contribution is -2.52. The van der Waals surface area contributed by atoms with Crippen LogP contribution in [0.3, 0.4) is 0 Å². The molecule has 3 atom stereocenters. The number of primary amides is 2. The van der Waals surface area contributed by atoms with E-state index < -0.39 is 59.0 Å². The Kier molecular flexibility index (Phi) is 34.5. The number of piperazine rings is 3. The number of phenols is 1. The van der Waals surface area contributed by atoms with Crippen LogP contribution in [0, 0.1) is 37.2 Å². The van der Waals surface area contributed by atoms with E-state index in [1.54, 1.807) is 120 Å². The molecule has 0 bridgehead atoms. The number of nitrogens with two attached hydrogens (primary N) is 2. The van der Waals surface area contributed by atoms with Gasteiger partial charge in [0.15, 0.2) is 17.1 Å². The first-order chi connectivity index (χ1) is 65.6. The molecular weight excluding hydrogens is 1790 g/mol. The third-order valence-electron chi connectivity index (χ3n) is 24.5. The van der Waals surface area contributed by atoms with Crippen LogP contribution in [0.1, 0.15) is 169 Å². The summed E-state index contributed by atoms with van der Waals surface area (Å²) in [6, 6.07) is 51.4. The maximum atomic E-state index is 14.5. The predicted molar refractivity (Wildman–Crippen MR) is 518 cm³/mol. The van der Waals surface area contributed by atoms with Crippen LogP contribution in [-0.2, 0) is 96.6 Å². The molecule has 4 saturated heterocycles. The quantitative estimate of drug-likeness (QED) is 0.0161. The van der Waals surface area contributed by atoms with Crippen molar-refractivity contribution in [2.24, 2.45) is 11.5 Å². The highest BCUT2D eigenvalue weighted by atomic mass is 35.5. The zero-order valence-corrected chi connectivity index (χ0v) is 78.2. The number of halogens is 4. The van der Waals surface area contributed by atoms with Gasteiger partial charge in [-0.2, -0.15) is 0 Å². The minimum Gasteiger partial charge on any atom is -0.508 e. The lowest BCUT2D eigenvalue weighted by atomic mass is 10.0. The summed E-state index contributed by atoms with van der Waals surface area (Å²) in [5, 5.41) is 12.2. The number of phenolic OH excluding ortho intramolecular Hbond substituents is 1. The van der Waals surface area contributed by atoms with Gasteiger partial charge >= 0.3 is 11.9 Å². The number of carbonyl (C=O) groups is 9. The first-order valence-electron chi connectivity index (χ1n) is 45.4. The molecule has 0 spiro atoms. The fourth-order valence-electron chi connectivity index (χ4n) is 17.4. The molecule has 29 nitrogen and oxygen atoms in total. The average Bonchev–Trinajstić information content (AvgIpc) is 1.63. The first kappa shape index (κ1) is 103. The summed E-state index contributed by atoms with van der Waals surface area (Å²) < 4.78 is 65.9. The topological polar surface area (TPSA) is 317 Å². The van der Waals surface area contributed by atoms with E-state index in [4.69, 9.17) is 61.7 Å². The number of alkyl halides is 1. The van der Waals surface area contributed by atoms with Gasteiger partial charge in [0.25, 0.3) is 17.7 Å². The van der Waals surface area contributed by atoms with Gasteiger partial charge in [-0.3, -0.25) is 63.2 Å². The maximum absolute atomic E-state index is 14.5. The smallest absolute Gasteiger partial charge is 0.306 e. The van der Waals surface area contributed by atoms with Crippen molar-refractivity contribution < 1.29 is 80.4 Å². The summed E-state index contributed by atoms with van der Waals surface area (Å²) >= 11 is 5.81. The Morgan fingerprint density at radius 3 is 1.14 bits per heavy atom. The number of nitrogens with one attached hydrogen (secondary N) is 1. The SMILES string of the molecule is C.CC(C)(C)OC(=O)CC[C@@H](C(N)=O)N1Cc2c(O)cccc2C1=O.[C-]#[N+]c1ccc(N2CCN(Cc3ccc(CCl)cc3)CC2)c(F)c1.[C-]#[N+]c1ccc(N2CCN(Cc3ccc(COc4cccc5c4CN([C@@H](CCC(=O)OC(C)(C)C)C(N)=O)C5=O)cc3)CC2)c(F)c1.[C-]#[N+]c1ccc(N2CCN(Cc3ccc(COc4cccc5c4CN([C@H]4CCC(=O)NC4=O)C5=O)cc3)CC2)c(F)c1. The van der Waals surface area contributed by atoms with E-state index >= 15 is 0 Å². The second-order valence-corrected chi connectivity index (χ2v) is 36.7. The first-order valence-corrected chi connectivity index (χ1v) is 46.0. The van der Waals surface area contributed by atoms with Crippen molar-refractivity contribution in [3.8, 4) is 17.2 Å². The van der Waals surface area contributed by atoms with E-state index in [1.165, 1.54) is 50.1 Å². The Bertz CT molecular complexity index is 6070. The number of aromatic hydroxyl groups is 1. The van der Waals surface area contributed by atoms with Crippen LogP contribution in [0.2, 0.25) is 0 Å². The molecule has 0 radical (unpaired) electrons. The third-order valence-corrected chi connectivity index (χ3v) is 24.8. The Hall–Kier alpha value is -14.4. The standard InChI is InChI=1S/C36H40FN5O5.C32H30FN5O4.C19H19ClFN3.C17H22N2O5.CH4/c1-36(2,3)47-33(43)15-14-31(34(38)44)42-22-28-27(35(42)45)6-5-7-32(28)46-23-25-10-8-24(9-11-25)21-40-16-18-41(19-17-40)30-13-12-26(39-4)20-29(30)37;1-34-23-9-10-27(26(33)17-23)37-15-13-36(14-16-37)18-21-5-7-22(8-6-21)20-42-29-4-2-3-24-25(29)19-38(32(24)41)28-11-12-30(39)35-31(28)40;1-22-17-6-7-19(18(21)12-17)24-10-8-23(9-11-24)14-16-4-2-15(13-20)3-5-16;1-17(2,3)24-14(21)8-7-12(15(18)22)19-9-11-10(16(19)23)5-4-6-13(11)20;/h5-13,20,31H,14-19,21-23H2,1-3H3,(H2,38,44);2-10,17,28H,11-16,18-20H2,(H,35,39,40);2-7,12H,8-11,13-14H2;4-6,12,20H,7-9H2,1-3H3,(H2,18,22);1H4/t31-;28-;;12-;/m00.0./s1. The number of hydrogen-bond acceptors (Lipinski definition) is 20. The van der Waals surface area contributed by atoms with Gasteiger partial charge in [-0.05, 0) is 167 Å². The average molecular weight is 1900 g/mol. The summed E-state index contributed by atoms with van der Waals surface area (Å²) in [5.41, 5.74) is 22.3. The molecule has 0 saturated carbocycles. The number of anilines is 3. The highest BCUT2D eigenvalue weighted by Crippen LogP contribution is 2.39. The third kappa shape index (κ3) is 26.7. The Labute approximate surface area is 807 Å². The van der Waals surface area contributed by atoms with Gasteiger partial charge in [0.05, 0.1) is 56.4 Å². The molecule has 4 fully saturated rings. The van der Waals surface area contributed by atoms with Crippen LogP contribution in [0.25, 0.3) is 14.5 Å². The maximum Gasteiger partial charge on any atom is 0.306 e. The van der Waals surface area contributed by atoms with E-state index in [2.05, 4.69) is 88.0 Å². The fourth-order valence-corrected chi connectivity index (χ4v) is 17.6. The highest BCUT2D eigenvalue weighted by Gasteiger charge is 2.43. The molecule has 7 heterocycles. The van der Waals surface area contributed by atoms with Crippen molar-refractivity contribution in [2.75, 3.05) is 93.2 Å². The van der Waals surface area contributed by atoms with E-state index in [-0.39, 0.29) is 106 Å². The number of hydrogen-bond donors (Lipinski definition) is 4. The van der Waals surface area contributed by atoms with Gasteiger partial charge in [-0.1, -0.05) is 117 Å². The van der Waals surface area contributed by atoms with E-state index in [1.807, 2.05) is 40.1 Å². The van der Waals surface area contributed by atoms with Crippen molar-refractivity contribution in [1.82, 2.24) is 34.7 Å². The minimum atomic E-state index is -0.955. The van der Waals surface area contributed by atoms with E-state index in [0.29, 0.717) is 125 Å². The number of imide groups is 1. The second-order valence-electron chi connectivity index (χ2n) is 36.4. The van der Waals surface area contributed by atoms with Crippen LogP contribution >= 0.6 is 11.6 Å². The van der Waals surface area contributed by atoms with Gasteiger partial charge in [0, 0.05) is 157 Å². The van der Waals surface area contributed by atoms with E-state index in [9.17, 15) is 61.4 Å². The largest absolute Gasteiger partial charge is 0.508 e. The molecule has 0 unspecified atom stereocenters. The van der Waals surface area contributed by atoms with Crippen molar-refractivity contribution in [2.45, 2.75) is 175 Å². The molecule has 138 heavy (non-hydrogen) atoms. The van der Waals surface area contributed by atoms with Gasteiger partial charge in [-0.25, -0.2) is 27.7 Å². The van der Waals surface area contributed by atoms with Crippen LogP contribution in [0.4, 0.5) is 47.3 Å². The Morgan fingerprint density at radius 1 is 0.464 bits per heavy atom. The normalized spacial score (nSPS) is 16.4. The zero-order chi connectivity index (χ0) is 97.9. The zero-order valence-electron chi connectivity index (χ0n) is 77.4. The van der Waals surface area contributed by atoms with Gasteiger partial charge in [0.1, 0.15) is 77.2 Å². The molecule has 33 heteroatoms. The number of ether oxygens (including phenoxy) is 4. The van der Waals surface area contributed by atoms with Gasteiger partial charge < -0.3 is 64.9 Å². The van der Waals surface area contributed by atoms with Crippen LogP contribution in [0.15, 0.2) is 182 Å². The molecule has 722 valence electrons. The molecule has 16 rings (SSSR count). The predicted octanol–water partition coefficient (Wildman–Crippen LogP) is 15.6. The molecular formula is C105H115ClF3N15O14. The van der Waals surface area contributed by atoms with Crippen LogP contribution in [0.5, 0.6) is 17.2 Å². The van der Waals surface area contributed by atoms with E-state index in [0.717, 1.165) is 99.8 Å². The number of esters is 2. The number of amides is 7. The fraction of sp³-hybridized carbons (Fsp3) is 0.371. The molecule has 9 aromatic rings. The summed E-state index contributed by atoms with van der Waals surface area (Å²) in [7, 11) is 0. The van der Waals surface area contributed by atoms with Gasteiger partial charge in [0.2, 0.25) is 23.6 Å². The molecule has 7 amide bonds. The number of nitrogens with zero attached hydrogens (tertiary/aromatic N) is 12. The number of benzene rings is 9. The molecule has 0 aromatic heterocycles. The monoisotopic (exact) mass is 1900 g/mol. The summed E-state index contributed by atoms with van der Waals surface area (Å²) in [5.74, 6) is -3.29. The summed E-state index contributed by atoms with van der Waals surface area (Å²) in [6.45, 7) is 44.6. The van der Waals surface area contributed by atoms with Crippen molar-refractivity contribution in [3.63, 3.8) is 0 Å². The summed E-state index contributed by atoms with van der Waals surface area (Å²) in [6.07, 6.45) is 0.602. The lowest BCUT2D eigenvalue weighted by molar-refractivity contribution is -0.156. The highest BCUT2D eigenvalue weighted by molar-refractivity contribution is 6.17. The number of carbonyl (C=O) groups excluding carboxylic acids is 9. The lowest BCUT2D eigenvalue weighted by Gasteiger charge is -2.36. The minimum absolute atomic E-state index is 0. The molecule has 9 aromatic carbocycles. The molecule has 7 aliphatic heterocycles. The number of fused-ring (bicyclic) bond motifs is 3. The number of rotatable bonds is 27. The van der Waals surface area contributed by atoms with Gasteiger partial charge in [-0.15, -0.1) is 11.6 Å². The Morgan fingerprint density at radius 2 is 0.804 bits per heavy atom. The van der Waals surface area contributed by atoms with Crippen LogP contribution in [-0.4, -0.2) is 196 Å². The van der Waals surface area contributed by atoms with Crippen molar-refractivity contribution in [3.05, 3.63) is 300 Å².